The van der Waals surface area contributed by atoms with Crippen molar-refractivity contribution in [2.24, 2.45) is 0 Å². The summed E-state index contributed by atoms with van der Waals surface area (Å²) in [4.78, 5) is 16.6. The molecule has 0 N–H and O–H groups in total. The fourth-order valence-corrected chi connectivity index (χ4v) is 3.44. The molecular formula is C20H17ClFN3O2. The van der Waals surface area contributed by atoms with Crippen molar-refractivity contribution in [2.45, 2.75) is 0 Å². The smallest absolute Gasteiger partial charge is 0.276 e. The number of amides is 1. The van der Waals surface area contributed by atoms with E-state index < -0.39 is 5.82 Å². The highest BCUT2D eigenvalue weighted by Crippen LogP contribution is 2.27. The zero-order valence-electron chi connectivity index (χ0n) is 14.4. The molecule has 1 aromatic heterocycles. The molecule has 4 rings (SSSR count). The maximum absolute atomic E-state index is 13.9. The monoisotopic (exact) mass is 385 g/mol. The van der Waals surface area contributed by atoms with Crippen LogP contribution < -0.4 is 4.90 Å². The Bertz CT molecular complexity index is 967. The van der Waals surface area contributed by atoms with Crippen LogP contribution in [-0.2, 0) is 0 Å². The molecular weight excluding hydrogens is 369 g/mol. The highest BCUT2D eigenvalue weighted by Gasteiger charge is 2.26. The lowest BCUT2D eigenvalue weighted by molar-refractivity contribution is 0.0736. The molecule has 3 aromatic rings. The molecule has 0 bridgehead atoms. The number of nitrogens with zero attached hydrogens (tertiary/aromatic N) is 3. The Hall–Kier alpha value is -2.86. The van der Waals surface area contributed by atoms with Crippen molar-refractivity contribution in [2.75, 3.05) is 31.1 Å². The number of piperazine rings is 1. The maximum Gasteiger partial charge on any atom is 0.276 e. The Kier molecular flexibility index (Phi) is 4.81. The van der Waals surface area contributed by atoms with Crippen molar-refractivity contribution < 1.29 is 13.7 Å². The van der Waals surface area contributed by atoms with E-state index in [2.05, 4.69) is 10.1 Å². The van der Waals surface area contributed by atoms with Crippen LogP contribution in [0.4, 0.5) is 10.1 Å². The number of anilines is 1. The minimum Gasteiger partial charge on any atom is -0.367 e. The second-order valence-corrected chi connectivity index (χ2v) is 6.69. The van der Waals surface area contributed by atoms with Gasteiger partial charge in [0.15, 0.2) is 11.5 Å². The van der Waals surface area contributed by atoms with Gasteiger partial charge in [-0.1, -0.05) is 41.0 Å². The van der Waals surface area contributed by atoms with Crippen molar-refractivity contribution in [3.63, 3.8) is 0 Å². The second-order valence-electron chi connectivity index (χ2n) is 6.29. The summed E-state index contributed by atoms with van der Waals surface area (Å²) in [7, 11) is 0. The molecule has 0 unspecified atom stereocenters. The molecule has 0 saturated carbocycles. The van der Waals surface area contributed by atoms with Gasteiger partial charge in [-0.15, -0.1) is 0 Å². The molecule has 1 fully saturated rings. The standard InChI is InChI=1S/C20H17ClFN3O2/c21-15-6-2-4-8-18(15)24-9-11-25(12-10-24)20(26)17-13-19(27-23-17)14-5-1-3-7-16(14)22/h1-8,13H,9-12H2. The molecule has 1 aliphatic heterocycles. The summed E-state index contributed by atoms with van der Waals surface area (Å²) < 4.78 is 19.1. The number of benzene rings is 2. The van der Waals surface area contributed by atoms with Crippen molar-refractivity contribution in [1.29, 1.82) is 0 Å². The molecule has 0 atom stereocenters. The predicted molar refractivity (Wildman–Crippen MR) is 101 cm³/mol. The van der Waals surface area contributed by atoms with E-state index in [9.17, 15) is 9.18 Å². The first kappa shape index (κ1) is 17.5. The van der Waals surface area contributed by atoms with Crippen molar-refractivity contribution in [1.82, 2.24) is 10.1 Å². The van der Waals surface area contributed by atoms with Gasteiger partial charge in [-0.05, 0) is 24.3 Å². The lowest BCUT2D eigenvalue weighted by Gasteiger charge is -2.36. The maximum atomic E-state index is 13.9. The molecule has 138 valence electrons. The molecule has 1 amide bonds. The van der Waals surface area contributed by atoms with Gasteiger partial charge in [-0.3, -0.25) is 4.79 Å². The summed E-state index contributed by atoms with van der Waals surface area (Å²) in [5.74, 6) is -0.396. The van der Waals surface area contributed by atoms with Crippen LogP contribution in [0.15, 0.2) is 59.1 Å². The number of aromatic nitrogens is 1. The molecule has 2 heterocycles. The summed E-state index contributed by atoms with van der Waals surface area (Å²) >= 11 is 6.25. The third kappa shape index (κ3) is 3.53. The fraction of sp³-hybridized carbons (Fsp3) is 0.200. The second kappa shape index (κ2) is 7.40. The van der Waals surface area contributed by atoms with Gasteiger partial charge < -0.3 is 14.3 Å². The lowest BCUT2D eigenvalue weighted by atomic mass is 10.1. The Morgan fingerprint density at radius 2 is 1.74 bits per heavy atom. The summed E-state index contributed by atoms with van der Waals surface area (Å²) in [6.45, 7) is 2.44. The number of hydrogen-bond donors (Lipinski definition) is 0. The van der Waals surface area contributed by atoms with Crippen molar-refractivity contribution >= 4 is 23.2 Å². The quantitative estimate of drug-likeness (QED) is 0.681. The van der Waals surface area contributed by atoms with Crippen LogP contribution in [0.25, 0.3) is 11.3 Å². The summed E-state index contributed by atoms with van der Waals surface area (Å²) in [6, 6.07) is 15.4. The number of halogens is 2. The molecule has 2 aromatic carbocycles. The van der Waals surface area contributed by atoms with E-state index in [1.54, 1.807) is 23.1 Å². The largest absolute Gasteiger partial charge is 0.367 e. The van der Waals surface area contributed by atoms with Crippen molar-refractivity contribution in [3.05, 3.63) is 71.1 Å². The van der Waals surface area contributed by atoms with Gasteiger partial charge in [0.2, 0.25) is 0 Å². The molecule has 27 heavy (non-hydrogen) atoms. The summed E-state index contributed by atoms with van der Waals surface area (Å²) in [5, 5.41) is 4.53. The first-order valence-electron chi connectivity index (χ1n) is 8.64. The van der Waals surface area contributed by atoms with Crippen LogP contribution in [-0.4, -0.2) is 42.1 Å². The Morgan fingerprint density at radius 1 is 1.04 bits per heavy atom. The van der Waals surface area contributed by atoms with Gasteiger partial charge >= 0.3 is 0 Å². The van der Waals surface area contributed by atoms with Crippen LogP contribution >= 0.6 is 11.6 Å². The summed E-state index contributed by atoms with van der Waals surface area (Å²) in [5.41, 5.74) is 1.43. The van der Waals surface area contributed by atoms with Gasteiger partial charge in [0.1, 0.15) is 5.82 Å². The third-order valence-corrected chi connectivity index (χ3v) is 4.95. The molecule has 0 spiro atoms. The van der Waals surface area contributed by atoms with E-state index >= 15 is 0 Å². The number of rotatable bonds is 3. The SMILES string of the molecule is O=C(c1cc(-c2ccccc2F)on1)N1CCN(c2ccccc2Cl)CC1. The average Bonchev–Trinajstić information content (AvgIpc) is 3.18. The zero-order valence-corrected chi connectivity index (χ0v) is 15.2. The minimum atomic E-state index is -0.416. The molecule has 1 aliphatic rings. The fourth-order valence-electron chi connectivity index (χ4n) is 3.18. The number of carbonyl (C=O) groups is 1. The van der Waals surface area contributed by atoms with Crippen LogP contribution in [0.3, 0.4) is 0 Å². The van der Waals surface area contributed by atoms with Gasteiger partial charge in [0.25, 0.3) is 5.91 Å². The van der Waals surface area contributed by atoms with E-state index in [0.29, 0.717) is 31.2 Å². The number of carbonyl (C=O) groups excluding carboxylic acids is 1. The number of para-hydroxylation sites is 1. The Labute approximate surface area is 160 Å². The van der Waals surface area contributed by atoms with Crippen molar-refractivity contribution in [3.8, 4) is 11.3 Å². The van der Waals surface area contributed by atoms with E-state index in [1.807, 2.05) is 24.3 Å². The van der Waals surface area contributed by atoms with Gasteiger partial charge in [-0.2, -0.15) is 0 Å². The van der Waals surface area contributed by atoms with E-state index in [4.69, 9.17) is 16.1 Å². The van der Waals surface area contributed by atoms with Gasteiger partial charge in [-0.25, -0.2) is 4.39 Å². The summed E-state index contributed by atoms with van der Waals surface area (Å²) in [6.07, 6.45) is 0. The Morgan fingerprint density at radius 3 is 2.48 bits per heavy atom. The van der Waals surface area contributed by atoms with E-state index in [-0.39, 0.29) is 22.9 Å². The lowest BCUT2D eigenvalue weighted by Crippen LogP contribution is -2.49. The van der Waals surface area contributed by atoms with Gasteiger partial charge in [0.05, 0.1) is 16.3 Å². The predicted octanol–water partition coefficient (Wildman–Crippen LogP) is 4.10. The van der Waals surface area contributed by atoms with Crippen LogP contribution in [0.2, 0.25) is 5.02 Å². The van der Waals surface area contributed by atoms with E-state index in [1.165, 1.54) is 12.1 Å². The van der Waals surface area contributed by atoms with Crippen LogP contribution in [0.5, 0.6) is 0 Å². The van der Waals surface area contributed by atoms with Crippen LogP contribution in [0.1, 0.15) is 10.5 Å². The minimum absolute atomic E-state index is 0.180. The normalized spacial score (nSPS) is 14.4. The highest BCUT2D eigenvalue weighted by molar-refractivity contribution is 6.33. The molecule has 0 radical (unpaired) electrons. The third-order valence-electron chi connectivity index (χ3n) is 4.63. The molecule has 0 aliphatic carbocycles. The molecule has 7 heteroatoms. The molecule has 1 saturated heterocycles. The number of hydrogen-bond acceptors (Lipinski definition) is 4. The zero-order chi connectivity index (χ0) is 18.8. The average molecular weight is 386 g/mol. The van der Waals surface area contributed by atoms with Gasteiger partial charge in [0, 0.05) is 32.2 Å². The van der Waals surface area contributed by atoms with Crippen LogP contribution in [0, 0.1) is 5.82 Å². The highest BCUT2D eigenvalue weighted by atomic mass is 35.5. The Balaban J connectivity index is 1.44. The van der Waals surface area contributed by atoms with E-state index in [0.717, 1.165) is 5.69 Å². The topological polar surface area (TPSA) is 49.6 Å². The molecule has 5 nitrogen and oxygen atoms in total. The first-order chi connectivity index (χ1) is 13.1. The first-order valence-corrected chi connectivity index (χ1v) is 9.01.